The lowest BCUT2D eigenvalue weighted by molar-refractivity contribution is -0.118. The van der Waals surface area contributed by atoms with E-state index in [-0.39, 0.29) is 18.3 Å². The van der Waals surface area contributed by atoms with Gasteiger partial charge in [-0.3, -0.25) is 9.59 Å². The van der Waals surface area contributed by atoms with Crippen molar-refractivity contribution < 1.29 is 23.2 Å². The number of thioether (sulfide) groups is 1. The lowest BCUT2D eigenvalue weighted by atomic mass is 10.1. The predicted molar refractivity (Wildman–Crippen MR) is 97.0 cm³/mol. The van der Waals surface area contributed by atoms with Crippen molar-refractivity contribution in [3.05, 3.63) is 41.9 Å². The zero-order valence-corrected chi connectivity index (χ0v) is 15.3. The Morgan fingerprint density at radius 3 is 2.93 bits per heavy atom. The van der Waals surface area contributed by atoms with Crippen LogP contribution in [0.1, 0.15) is 23.0 Å². The summed E-state index contributed by atoms with van der Waals surface area (Å²) in [6.45, 7) is 3.54. The maximum Gasteiger partial charge on any atom is 0.277 e. The average Bonchev–Trinajstić information content (AvgIpc) is 3.28. The molecule has 0 fully saturated rings. The van der Waals surface area contributed by atoms with E-state index in [4.69, 9.17) is 13.6 Å². The Kier molecular flexibility index (Phi) is 4.44. The Labute approximate surface area is 158 Å². The zero-order valence-electron chi connectivity index (χ0n) is 14.5. The summed E-state index contributed by atoms with van der Waals surface area (Å²) in [5.74, 6) is 1.20. The largest absolute Gasteiger partial charge is 0.482 e. The number of carbonyl (C=O) groups excluding carboxylic acids is 2. The maximum atomic E-state index is 12.7. The van der Waals surface area contributed by atoms with E-state index in [9.17, 15) is 9.59 Å². The van der Waals surface area contributed by atoms with E-state index in [1.807, 2.05) is 0 Å². The van der Waals surface area contributed by atoms with Gasteiger partial charge in [-0.15, -0.1) is 10.2 Å². The molecule has 3 aromatic rings. The minimum Gasteiger partial charge on any atom is -0.482 e. The topological polar surface area (TPSA) is 107 Å². The van der Waals surface area contributed by atoms with Crippen LogP contribution in [-0.4, -0.2) is 33.7 Å². The summed E-state index contributed by atoms with van der Waals surface area (Å²) in [5.41, 5.74) is 1.67. The van der Waals surface area contributed by atoms with Gasteiger partial charge in [0.25, 0.3) is 17.0 Å². The average molecular weight is 385 g/mol. The highest BCUT2D eigenvalue weighted by atomic mass is 32.2. The summed E-state index contributed by atoms with van der Waals surface area (Å²) < 4.78 is 16.2. The van der Waals surface area contributed by atoms with Crippen LogP contribution in [-0.2, 0) is 4.79 Å². The summed E-state index contributed by atoms with van der Waals surface area (Å²) >= 11 is 1.17. The highest BCUT2D eigenvalue weighted by molar-refractivity contribution is 8.00. The van der Waals surface area contributed by atoms with Gasteiger partial charge in [0.1, 0.15) is 11.5 Å². The van der Waals surface area contributed by atoms with Crippen molar-refractivity contribution in [2.24, 2.45) is 0 Å². The number of anilines is 1. The van der Waals surface area contributed by atoms with Crippen LogP contribution < -0.4 is 10.1 Å². The van der Waals surface area contributed by atoms with Gasteiger partial charge in [0.15, 0.2) is 12.4 Å². The Bertz CT molecular complexity index is 1030. The van der Waals surface area contributed by atoms with E-state index < -0.39 is 5.25 Å². The minimum atomic E-state index is -0.456. The molecule has 0 aliphatic carbocycles. The number of ketones is 1. The van der Waals surface area contributed by atoms with Crippen LogP contribution in [0.15, 0.2) is 44.6 Å². The fourth-order valence-corrected chi connectivity index (χ4v) is 3.41. The number of nitrogens with zero attached hydrogens (tertiary/aromatic N) is 2. The normalized spacial score (nSPS) is 14.2. The molecule has 1 unspecified atom stereocenters. The van der Waals surface area contributed by atoms with Crippen LogP contribution in [0, 0.1) is 6.92 Å². The van der Waals surface area contributed by atoms with E-state index in [1.165, 1.54) is 11.8 Å². The second-order valence-electron chi connectivity index (χ2n) is 5.94. The van der Waals surface area contributed by atoms with E-state index >= 15 is 0 Å². The van der Waals surface area contributed by atoms with Gasteiger partial charge in [-0.05, 0) is 38.1 Å². The van der Waals surface area contributed by atoms with Gasteiger partial charge < -0.3 is 18.9 Å². The van der Waals surface area contributed by atoms with Gasteiger partial charge >= 0.3 is 0 Å². The monoisotopic (exact) mass is 385 g/mol. The molecule has 0 radical (unpaired) electrons. The first kappa shape index (κ1) is 17.3. The number of rotatable bonds is 5. The SMILES string of the molecule is Cc1occc1-c1nnc(SC(C)C(=O)c2ccc3c(c2)NC(=O)CO3)o1. The van der Waals surface area contributed by atoms with Gasteiger partial charge in [-0.2, -0.15) is 0 Å². The molecule has 1 aliphatic heterocycles. The first-order chi connectivity index (χ1) is 13.0. The molecule has 3 heterocycles. The number of fused-ring (bicyclic) bond motifs is 1. The number of Topliss-reactive ketones (excluding diaryl/α,β-unsaturated/α-hetero) is 1. The molecule has 27 heavy (non-hydrogen) atoms. The third kappa shape index (κ3) is 3.45. The van der Waals surface area contributed by atoms with Gasteiger partial charge in [0.05, 0.1) is 22.8 Å². The summed E-state index contributed by atoms with van der Waals surface area (Å²) in [5, 5.41) is 10.5. The molecule has 1 N–H and O–H groups in total. The highest BCUT2D eigenvalue weighted by Crippen LogP contribution is 2.32. The van der Waals surface area contributed by atoms with Crippen molar-refractivity contribution in [2.75, 3.05) is 11.9 Å². The quantitative estimate of drug-likeness (QED) is 0.526. The molecular weight excluding hydrogens is 370 g/mol. The number of nitrogens with one attached hydrogen (secondary N) is 1. The van der Waals surface area contributed by atoms with Crippen LogP contribution in [0.4, 0.5) is 5.69 Å². The number of furan rings is 1. The molecule has 0 saturated heterocycles. The Morgan fingerprint density at radius 2 is 2.15 bits per heavy atom. The second-order valence-corrected chi connectivity index (χ2v) is 7.23. The van der Waals surface area contributed by atoms with E-state index in [0.717, 1.165) is 5.56 Å². The molecule has 2 aromatic heterocycles. The third-order valence-corrected chi connectivity index (χ3v) is 4.97. The summed E-state index contributed by atoms with van der Waals surface area (Å²) in [7, 11) is 0. The molecule has 1 aromatic carbocycles. The summed E-state index contributed by atoms with van der Waals surface area (Å²) in [6.07, 6.45) is 1.55. The van der Waals surface area contributed by atoms with Crippen LogP contribution in [0.3, 0.4) is 0 Å². The molecular formula is C18H15N3O5S. The van der Waals surface area contributed by atoms with Crippen molar-refractivity contribution in [1.29, 1.82) is 0 Å². The molecule has 0 saturated carbocycles. The van der Waals surface area contributed by atoms with Crippen molar-refractivity contribution in [1.82, 2.24) is 10.2 Å². The number of aromatic nitrogens is 2. The van der Waals surface area contributed by atoms with Gasteiger partial charge in [-0.1, -0.05) is 11.8 Å². The fourth-order valence-electron chi connectivity index (χ4n) is 2.65. The standard InChI is InChI=1S/C18H15N3O5S/c1-9-12(5-6-24-9)17-20-21-18(26-17)27-10(2)16(23)11-3-4-14-13(7-11)19-15(22)8-25-14/h3-7,10H,8H2,1-2H3,(H,19,22). The first-order valence-corrected chi connectivity index (χ1v) is 9.05. The van der Waals surface area contributed by atoms with Gasteiger partial charge in [0.2, 0.25) is 0 Å². The van der Waals surface area contributed by atoms with Crippen LogP contribution in [0.5, 0.6) is 5.75 Å². The highest BCUT2D eigenvalue weighted by Gasteiger charge is 2.23. The number of hydrogen-bond acceptors (Lipinski definition) is 8. The molecule has 0 bridgehead atoms. The van der Waals surface area contributed by atoms with Crippen molar-refractivity contribution in [3.8, 4) is 17.2 Å². The third-order valence-electron chi connectivity index (χ3n) is 4.04. The number of ether oxygens (including phenoxy) is 1. The molecule has 1 aliphatic rings. The zero-order chi connectivity index (χ0) is 19.0. The Balaban J connectivity index is 1.49. The van der Waals surface area contributed by atoms with E-state index in [1.54, 1.807) is 44.4 Å². The van der Waals surface area contributed by atoms with E-state index in [2.05, 4.69) is 15.5 Å². The number of hydrogen-bond donors (Lipinski definition) is 1. The molecule has 4 rings (SSSR count). The fraction of sp³-hybridized carbons (Fsp3) is 0.222. The number of aryl methyl sites for hydroxylation is 1. The lowest BCUT2D eigenvalue weighted by Gasteiger charge is -2.18. The van der Waals surface area contributed by atoms with Gasteiger partial charge in [0, 0.05) is 5.56 Å². The molecule has 1 amide bonds. The number of benzene rings is 1. The molecule has 1 atom stereocenters. The minimum absolute atomic E-state index is 0.0256. The van der Waals surface area contributed by atoms with Gasteiger partial charge in [-0.25, -0.2) is 0 Å². The second kappa shape index (κ2) is 6.92. The first-order valence-electron chi connectivity index (χ1n) is 8.17. The van der Waals surface area contributed by atoms with Crippen molar-refractivity contribution >= 4 is 29.1 Å². The van der Waals surface area contributed by atoms with Crippen LogP contribution in [0.2, 0.25) is 0 Å². The number of amides is 1. The summed E-state index contributed by atoms with van der Waals surface area (Å²) in [4.78, 5) is 24.2. The van der Waals surface area contributed by atoms with Crippen molar-refractivity contribution in [2.45, 2.75) is 24.3 Å². The van der Waals surface area contributed by atoms with Crippen LogP contribution in [0.25, 0.3) is 11.5 Å². The molecule has 8 nitrogen and oxygen atoms in total. The summed E-state index contributed by atoms with van der Waals surface area (Å²) in [6, 6.07) is 6.70. The number of carbonyl (C=O) groups is 2. The van der Waals surface area contributed by atoms with Crippen molar-refractivity contribution in [3.63, 3.8) is 0 Å². The molecule has 0 spiro atoms. The Morgan fingerprint density at radius 1 is 1.30 bits per heavy atom. The van der Waals surface area contributed by atoms with Crippen LogP contribution >= 0.6 is 11.8 Å². The molecule has 138 valence electrons. The van der Waals surface area contributed by atoms with E-state index in [0.29, 0.717) is 33.9 Å². The maximum absolute atomic E-state index is 12.7. The predicted octanol–water partition coefficient (Wildman–Crippen LogP) is 3.33. The Hall–Kier alpha value is -3.07. The molecule has 9 heteroatoms. The lowest BCUT2D eigenvalue weighted by Crippen LogP contribution is -2.25. The smallest absolute Gasteiger partial charge is 0.277 e.